The number of benzene rings is 1. The van der Waals surface area contributed by atoms with E-state index >= 15 is 0 Å². The number of carbonyl (C=O) groups is 1. The van der Waals surface area contributed by atoms with Gasteiger partial charge in [0.15, 0.2) is 11.5 Å². The van der Waals surface area contributed by atoms with E-state index in [1.165, 1.54) is 24.0 Å². The zero-order valence-corrected chi connectivity index (χ0v) is 15.5. The maximum absolute atomic E-state index is 12.7. The Balaban J connectivity index is 1.75. The van der Waals surface area contributed by atoms with E-state index in [2.05, 4.69) is 26.6 Å². The number of carbonyl (C=O) groups excluding carboxylic acids is 1. The van der Waals surface area contributed by atoms with Crippen molar-refractivity contribution in [3.05, 3.63) is 38.2 Å². The predicted octanol–water partition coefficient (Wildman–Crippen LogP) is 3.96. The molecule has 126 valence electrons. The van der Waals surface area contributed by atoms with Crippen molar-refractivity contribution < 1.29 is 14.6 Å². The molecule has 1 aromatic carbocycles. The normalized spacial score (nSPS) is 19.1. The SMILES string of the molecule is COc1cc(Br)cc(C2NC(=O)c3c(sc4c3CCCC4)N2)c1O. The van der Waals surface area contributed by atoms with Gasteiger partial charge < -0.3 is 20.5 Å². The van der Waals surface area contributed by atoms with Crippen molar-refractivity contribution in [2.75, 3.05) is 12.4 Å². The fourth-order valence-electron chi connectivity index (χ4n) is 3.40. The van der Waals surface area contributed by atoms with Crippen molar-refractivity contribution in [3.63, 3.8) is 0 Å². The minimum absolute atomic E-state index is 0.0308. The first-order valence-corrected chi connectivity index (χ1v) is 9.47. The maximum atomic E-state index is 12.7. The highest BCUT2D eigenvalue weighted by atomic mass is 79.9. The van der Waals surface area contributed by atoms with Gasteiger partial charge in [0, 0.05) is 14.9 Å². The van der Waals surface area contributed by atoms with E-state index in [-0.39, 0.29) is 11.7 Å². The molecule has 3 N–H and O–H groups in total. The molecular formula is C17H17BrN2O3S. The number of phenols is 1. The molecule has 24 heavy (non-hydrogen) atoms. The second-order valence-electron chi connectivity index (χ2n) is 6.01. The average Bonchev–Trinajstić information content (AvgIpc) is 2.95. The molecule has 4 rings (SSSR count). The topological polar surface area (TPSA) is 70.6 Å². The highest BCUT2D eigenvalue weighted by Gasteiger charge is 2.33. The van der Waals surface area contributed by atoms with Gasteiger partial charge in [-0.1, -0.05) is 15.9 Å². The zero-order valence-electron chi connectivity index (χ0n) is 13.1. The lowest BCUT2D eigenvalue weighted by Crippen LogP contribution is -2.38. The van der Waals surface area contributed by atoms with Gasteiger partial charge in [0.25, 0.3) is 5.91 Å². The molecule has 1 unspecified atom stereocenters. The van der Waals surface area contributed by atoms with Gasteiger partial charge in [-0.2, -0.15) is 0 Å². The standard InChI is InChI=1S/C17H17BrN2O3S/c1-23-11-7-8(18)6-10(14(11)21)15-19-16(22)13-9-4-2-3-5-12(9)24-17(13)20-15/h6-7,15,20-21H,2-5H2,1H3,(H,19,22). The van der Waals surface area contributed by atoms with E-state index in [9.17, 15) is 9.90 Å². The van der Waals surface area contributed by atoms with Crippen LogP contribution in [0.25, 0.3) is 0 Å². The zero-order chi connectivity index (χ0) is 16.8. The van der Waals surface area contributed by atoms with Crippen molar-refractivity contribution in [2.45, 2.75) is 31.8 Å². The molecule has 1 atom stereocenters. The van der Waals surface area contributed by atoms with Gasteiger partial charge in [-0.3, -0.25) is 4.79 Å². The van der Waals surface area contributed by atoms with Crippen LogP contribution in [0, 0.1) is 0 Å². The number of anilines is 1. The van der Waals surface area contributed by atoms with Crippen LogP contribution in [0.3, 0.4) is 0 Å². The first-order chi connectivity index (χ1) is 11.6. The number of halogens is 1. The van der Waals surface area contributed by atoms with E-state index in [0.717, 1.165) is 34.3 Å². The number of thiophene rings is 1. The number of fused-ring (bicyclic) bond motifs is 3. The van der Waals surface area contributed by atoms with Crippen LogP contribution in [0.5, 0.6) is 11.5 Å². The number of amides is 1. The van der Waals surface area contributed by atoms with Crippen LogP contribution in [0.1, 0.15) is 45.4 Å². The predicted molar refractivity (Wildman–Crippen MR) is 97.1 cm³/mol. The quantitative estimate of drug-likeness (QED) is 0.703. The number of methoxy groups -OCH3 is 1. The molecule has 7 heteroatoms. The number of hydrogen-bond acceptors (Lipinski definition) is 5. The summed E-state index contributed by atoms with van der Waals surface area (Å²) in [5, 5.41) is 17.7. The van der Waals surface area contributed by atoms with Gasteiger partial charge in [-0.15, -0.1) is 11.3 Å². The van der Waals surface area contributed by atoms with E-state index in [0.29, 0.717) is 11.3 Å². The fraction of sp³-hybridized carbons (Fsp3) is 0.353. The summed E-state index contributed by atoms with van der Waals surface area (Å²) in [7, 11) is 1.50. The molecule has 0 bridgehead atoms. The number of ether oxygens (including phenoxy) is 1. The molecule has 0 saturated heterocycles. The minimum Gasteiger partial charge on any atom is -0.504 e. The van der Waals surface area contributed by atoms with Crippen molar-refractivity contribution in [2.24, 2.45) is 0 Å². The number of phenolic OH excluding ortho intramolecular Hbond substituents is 1. The minimum atomic E-state index is -0.489. The summed E-state index contributed by atoms with van der Waals surface area (Å²) in [5.74, 6) is 0.321. The molecule has 0 fully saturated rings. The Morgan fingerprint density at radius 3 is 2.88 bits per heavy atom. The lowest BCUT2D eigenvalue weighted by atomic mass is 9.94. The Morgan fingerprint density at radius 1 is 1.29 bits per heavy atom. The first-order valence-electron chi connectivity index (χ1n) is 7.87. The highest BCUT2D eigenvalue weighted by Crippen LogP contribution is 2.44. The molecule has 1 aliphatic heterocycles. The summed E-state index contributed by atoms with van der Waals surface area (Å²) in [5.41, 5.74) is 2.56. The summed E-state index contributed by atoms with van der Waals surface area (Å²) < 4.78 is 5.98. The monoisotopic (exact) mass is 408 g/mol. The highest BCUT2D eigenvalue weighted by molar-refractivity contribution is 9.10. The molecule has 5 nitrogen and oxygen atoms in total. The molecule has 1 aromatic heterocycles. The van der Waals surface area contributed by atoms with E-state index < -0.39 is 6.17 Å². The van der Waals surface area contributed by atoms with E-state index in [4.69, 9.17) is 4.74 Å². The summed E-state index contributed by atoms with van der Waals surface area (Å²) in [6, 6.07) is 3.48. The Hall–Kier alpha value is -1.73. The van der Waals surface area contributed by atoms with Crippen LogP contribution in [0.2, 0.25) is 0 Å². The molecule has 2 heterocycles. The largest absolute Gasteiger partial charge is 0.504 e. The molecule has 2 aromatic rings. The molecule has 1 aliphatic carbocycles. The average molecular weight is 409 g/mol. The molecule has 1 amide bonds. The van der Waals surface area contributed by atoms with Crippen LogP contribution in [-0.4, -0.2) is 18.1 Å². The van der Waals surface area contributed by atoms with Gasteiger partial charge in [0.2, 0.25) is 0 Å². The van der Waals surface area contributed by atoms with Crippen molar-refractivity contribution >= 4 is 38.2 Å². The maximum Gasteiger partial charge on any atom is 0.256 e. The molecule has 2 aliphatic rings. The van der Waals surface area contributed by atoms with E-state index in [1.54, 1.807) is 23.5 Å². The third-order valence-corrected chi connectivity index (χ3v) is 6.23. The second kappa shape index (κ2) is 5.97. The van der Waals surface area contributed by atoms with Crippen LogP contribution in [0.15, 0.2) is 16.6 Å². The Labute approximate surface area is 152 Å². The van der Waals surface area contributed by atoms with Gasteiger partial charge in [0.05, 0.1) is 12.7 Å². The van der Waals surface area contributed by atoms with Gasteiger partial charge in [0.1, 0.15) is 11.2 Å². The first kappa shape index (κ1) is 15.8. The van der Waals surface area contributed by atoms with Crippen molar-refractivity contribution in [3.8, 4) is 11.5 Å². The lowest BCUT2D eigenvalue weighted by molar-refractivity contribution is 0.0935. The summed E-state index contributed by atoms with van der Waals surface area (Å²) in [6.45, 7) is 0. The third-order valence-electron chi connectivity index (χ3n) is 4.55. The van der Waals surface area contributed by atoms with E-state index in [1.807, 2.05) is 0 Å². The summed E-state index contributed by atoms with van der Waals surface area (Å²) in [6.07, 6.45) is 3.84. The lowest BCUT2D eigenvalue weighted by Gasteiger charge is -2.27. The summed E-state index contributed by atoms with van der Waals surface area (Å²) in [4.78, 5) is 14.0. The number of aromatic hydroxyl groups is 1. The number of aryl methyl sites for hydroxylation is 1. The van der Waals surface area contributed by atoms with Crippen LogP contribution >= 0.6 is 27.3 Å². The number of hydrogen-bond donors (Lipinski definition) is 3. The van der Waals surface area contributed by atoms with Crippen LogP contribution in [-0.2, 0) is 12.8 Å². The smallest absolute Gasteiger partial charge is 0.256 e. The Kier molecular flexibility index (Phi) is 3.92. The number of nitrogens with one attached hydrogen (secondary N) is 2. The van der Waals surface area contributed by atoms with Gasteiger partial charge in [-0.05, 0) is 43.4 Å². The van der Waals surface area contributed by atoms with Crippen LogP contribution in [0.4, 0.5) is 5.00 Å². The third kappa shape index (κ3) is 2.46. The van der Waals surface area contributed by atoms with Gasteiger partial charge in [-0.25, -0.2) is 0 Å². The van der Waals surface area contributed by atoms with Crippen LogP contribution < -0.4 is 15.4 Å². The van der Waals surface area contributed by atoms with Crippen molar-refractivity contribution in [1.82, 2.24) is 5.32 Å². The molecule has 0 saturated carbocycles. The molecule has 0 spiro atoms. The Morgan fingerprint density at radius 2 is 2.08 bits per heavy atom. The second-order valence-corrected chi connectivity index (χ2v) is 8.03. The Bertz CT molecular complexity index is 834. The number of rotatable bonds is 2. The molecule has 0 radical (unpaired) electrons. The summed E-state index contributed by atoms with van der Waals surface area (Å²) >= 11 is 5.08. The fourth-order valence-corrected chi connectivity index (χ4v) is 5.17. The van der Waals surface area contributed by atoms with Gasteiger partial charge >= 0.3 is 0 Å². The molecular weight excluding hydrogens is 392 g/mol. The van der Waals surface area contributed by atoms with Crippen molar-refractivity contribution in [1.29, 1.82) is 0 Å².